The second kappa shape index (κ2) is 11.5. The minimum atomic E-state index is -2.12. The molecule has 0 radical (unpaired) electrons. The molecule has 0 heterocycles. The van der Waals surface area contributed by atoms with Gasteiger partial charge in [0.2, 0.25) is 0 Å². The number of halogens is 5. The third-order valence-corrected chi connectivity index (χ3v) is 7.28. The summed E-state index contributed by atoms with van der Waals surface area (Å²) in [7, 11) is 0. The quantitative estimate of drug-likeness (QED) is 0.330. The molecule has 0 amide bonds. The van der Waals surface area contributed by atoms with Crippen LogP contribution < -0.4 is 0 Å². The van der Waals surface area contributed by atoms with Crippen LogP contribution >= 0.6 is 0 Å². The van der Waals surface area contributed by atoms with Crippen LogP contribution in [0.2, 0.25) is 0 Å². The molecule has 3 aliphatic rings. The summed E-state index contributed by atoms with van der Waals surface area (Å²) in [5, 5.41) is 0. The van der Waals surface area contributed by atoms with E-state index in [1.54, 1.807) is 0 Å². The minimum Gasteiger partial charge on any atom is -0.486 e. The molecule has 3 saturated carbocycles. The van der Waals surface area contributed by atoms with E-state index in [1.165, 1.54) is 25.7 Å². The fourth-order valence-electron chi connectivity index (χ4n) is 5.71. The maximum Gasteiger partial charge on any atom is 0.304 e. The van der Waals surface area contributed by atoms with Crippen LogP contribution in [0.5, 0.6) is 0 Å². The third kappa shape index (κ3) is 6.58. The van der Waals surface area contributed by atoms with Crippen molar-refractivity contribution in [1.29, 1.82) is 0 Å². The highest BCUT2D eigenvalue weighted by Gasteiger charge is 2.46. The van der Waals surface area contributed by atoms with E-state index in [1.807, 2.05) is 13.8 Å². The van der Waals surface area contributed by atoms with Crippen LogP contribution in [0.15, 0.2) is 12.3 Å². The van der Waals surface area contributed by atoms with Crippen molar-refractivity contribution >= 4 is 0 Å². The van der Waals surface area contributed by atoms with Crippen LogP contribution in [-0.2, 0) is 4.74 Å². The van der Waals surface area contributed by atoms with E-state index < -0.39 is 30.7 Å². The molecule has 0 aromatic heterocycles. The standard InChI is InChI=1S/C21H31F5O.C2H6/c1-12-2-4-13(5-3-12)14-6-7-16(17(22)8-14)15-9-18(23)21(19(24)10-15)27-11-20(25)26;1-2/h11-19,21H,2-10H2,1H3;1-2H3. The summed E-state index contributed by atoms with van der Waals surface area (Å²) in [4.78, 5) is 0. The Hall–Kier alpha value is -0.810. The summed E-state index contributed by atoms with van der Waals surface area (Å²) in [6, 6.07) is 0. The molecule has 0 aromatic rings. The first kappa shape index (κ1) is 24.5. The summed E-state index contributed by atoms with van der Waals surface area (Å²) in [5.74, 6) is 1.05. The van der Waals surface area contributed by atoms with Crippen molar-refractivity contribution in [3.63, 3.8) is 0 Å². The number of alkyl halides is 3. The number of hydrogen-bond acceptors (Lipinski definition) is 1. The second-order valence-electron chi connectivity index (χ2n) is 9.04. The fraction of sp³-hybridized carbons (Fsp3) is 0.913. The van der Waals surface area contributed by atoms with Crippen LogP contribution in [-0.4, -0.2) is 24.6 Å². The third-order valence-electron chi connectivity index (χ3n) is 7.28. The zero-order valence-electron chi connectivity index (χ0n) is 17.9. The number of rotatable bonds is 4. The van der Waals surface area contributed by atoms with Gasteiger partial charge in [0.05, 0.1) is 0 Å². The molecule has 0 aliphatic heterocycles. The molecule has 3 rings (SSSR count). The highest BCUT2D eigenvalue weighted by molar-refractivity contribution is 4.95. The molecule has 3 aliphatic carbocycles. The Balaban J connectivity index is 0.00000145. The summed E-state index contributed by atoms with van der Waals surface area (Å²) >= 11 is 0. The predicted octanol–water partition coefficient (Wildman–Crippen LogP) is 7.80. The monoisotopic (exact) mass is 424 g/mol. The summed E-state index contributed by atoms with van der Waals surface area (Å²) in [6.07, 6.45) is -1.04. The first-order valence-electron chi connectivity index (χ1n) is 11.4. The van der Waals surface area contributed by atoms with Crippen LogP contribution in [0.25, 0.3) is 0 Å². The number of ether oxygens (including phenoxy) is 1. The van der Waals surface area contributed by atoms with Crippen molar-refractivity contribution < 1.29 is 26.7 Å². The normalized spacial score (nSPS) is 43.0. The van der Waals surface area contributed by atoms with Crippen molar-refractivity contribution in [2.45, 2.75) is 103 Å². The van der Waals surface area contributed by atoms with Crippen LogP contribution in [0.3, 0.4) is 0 Å². The van der Waals surface area contributed by atoms with Crippen LogP contribution in [0, 0.1) is 29.6 Å². The molecule has 0 saturated heterocycles. The molecule has 29 heavy (non-hydrogen) atoms. The van der Waals surface area contributed by atoms with E-state index in [0.717, 1.165) is 12.3 Å². The van der Waals surface area contributed by atoms with E-state index in [4.69, 9.17) is 0 Å². The van der Waals surface area contributed by atoms with Gasteiger partial charge in [-0.2, -0.15) is 8.78 Å². The molecule has 5 unspecified atom stereocenters. The molecule has 0 spiro atoms. The zero-order chi connectivity index (χ0) is 21.6. The first-order chi connectivity index (χ1) is 13.8. The second-order valence-corrected chi connectivity index (χ2v) is 9.04. The largest absolute Gasteiger partial charge is 0.486 e. The Bertz CT molecular complexity index is 489. The van der Waals surface area contributed by atoms with Crippen LogP contribution in [0.1, 0.15) is 78.6 Å². The molecular formula is C23H37F5O. The van der Waals surface area contributed by atoms with Gasteiger partial charge in [0.15, 0.2) is 6.10 Å². The highest BCUT2D eigenvalue weighted by atomic mass is 19.3. The average molecular weight is 425 g/mol. The predicted molar refractivity (Wildman–Crippen MR) is 106 cm³/mol. The molecule has 6 heteroatoms. The van der Waals surface area contributed by atoms with Gasteiger partial charge >= 0.3 is 6.08 Å². The summed E-state index contributed by atoms with van der Waals surface area (Å²) in [5.41, 5.74) is 0. The van der Waals surface area contributed by atoms with Gasteiger partial charge in [0, 0.05) is 0 Å². The molecule has 170 valence electrons. The minimum absolute atomic E-state index is 0.0104. The average Bonchev–Trinajstić information content (AvgIpc) is 2.69. The Labute approximate surface area is 172 Å². The highest BCUT2D eigenvalue weighted by Crippen LogP contribution is 2.47. The van der Waals surface area contributed by atoms with E-state index >= 15 is 0 Å². The lowest BCUT2D eigenvalue weighted by Crippen LogP contribution is -2.45. The summed E-state index contributed by atoms with van der Waals surface area (Å²) in [6.45, 7) is 6.27. The molecule has 0 bridgehead atoms. The van der Waals surface area contributed by atoms with Gasteiger partial charge in [-0.1, -0.05) is 33.6 Å². The molecule has 1 nitrogen and oxygen atoms in total. The summed E-state index contributed by atoms with van der Waals surface area (Å²) < 4.78 is 72.4. The molecule has 0 N–H and O–H groups in total. The number of hydrogen-bond donors (Lipinski definition) is 0. The zero-order valence-corrected chi connectivity index (χ0v) is 17.9. The Morgan fingerprint density at radius 2 is 1.24 bits per heavy atom. The van der Waals surface area contributed by atoms with E-state index in [2.05, 4.69) is 11.7 Å². The maximum atomic E-state index is 14.9. The van der Waals surface area contributed by atoms with Crippen molar-refractivity contribution in [3.8, 4) is 0 Å². The van der Waals surface area contributed by atoms with Gasteiger partial charge in [-0.3, -0.25) is 0 Å². The van der Waals surface area contributed by atoms with Crippen molar-refractivity contribution in [2.24, 2.45) is 29.6 Å². The van der Waals surface area contributed by atoms with Gasteiger partial charge in [0.25, 0.3) is 0 Å². The molecule has 3 fully saturated rings. The van der Waals surface area contributed by atoms with Gasteiger partial charge in [-0.15, -0.1) is 0 Å². The Morgan fingerprint density at radius 3 is 1.76 bits per heavy atom. The van der Waals surface area contributed by atoms with E-state index in [9.17, 15) is 22.0 Å². The Kier molecular flexibility index (Phi) is 9.74. The van der Waals surface area contributed by atoms with Crippen LogP contribution in [0.4, 0.5) is 22.0 Å². The first-order valence-corrected chi connectivity index (χ1v) is 11.4. The van der Waals surface area contributed by atoms with Gasteiger partial charge < -0.3 is 4.74 Å². The lowest BCUT2D eigenvalue weighted by molar-refractivity contribution is -0.0691. The van der Waals surface area contributed by atoms with E-state index in [0.29, 0.717) is 24.7 Å². The Morgan fingerprint density at radius 1 is 0.724 bits per heavy atom. The smallest absolute Gasteiger partial charge is 0.304 e. The molecule has 0 aromatic carbocycles. The SMILES string of the molecule is CC.CC1CCC(C2CCC(C3CC(F)C(OC=C(F)F)C(F)C3)C(F)C2)CC1. The van der Waals surface area contributed by atoms with Gasteiger partial charge in [-0.25, -0.2) is 13.2 Å². The fourth-order valence-corrected chi connectivity index (χ4v) is 5.71. The van der Waals surface area contributed by atoms with Crippen molar-refractivity contribution in [1.82, 2.24) is 0 Å². The van der Waals surface area contributed by atoms with E-state index in [-0.39, 0.29) is 30.9 Å². The van der Waals surface area contributed by atoms with Crippen molar-refractivity contribution in [3.05, 3.63) is 12.3 Å². The topological polar surface area (TPSA) is 9.23 Å². The maximum absolute atomic E-state index is 14.9. The van der Waals surface area contributed by atoms with Gasteiger partial charge in [-0.05, 0) is 74.5 Å². The molecule has 5 atom stereocenters. The van der Waals surface area contributed by atoms with Crippen molar-refractivity contribution in [2.75, 3.05) is 0 Å². The molecular weight excluding hydrogens is 387 g/mol. The van der Waals surface area contributed by atoms with Gasteiger partial charge in [0.1, 0.15) is 24.8 Å². The lowest BCUT2D eigenvalue weighted by atomic mass is 9.64. The lowest BCUT2D eigenvalue weighted by Gasteiger charge is -2.44.